The van der Waals surface area contributed by atoms with E-state index in [0.717, 1.165) is 40.5 Å². The van der Waals surface area contributed by atoms with E-state index in [1.54, 1.807) is 21.0 Å². The van der Waals surface area contributed by atoms with Crippen molar-refractivity contribution in [3.63, 3.8) is 0 Å². The molecular formula is C52H76O12. The van der Waals surface area contributed by atoms with E-state index in [2.05, 4.69) is 59.8 Å². The molecule has 0 aliphatic heterocycles. The largest absolute Gasteiger partial charge is 0.469 e. The van der Waals surface area contributed by atoms with E-state index in [0.29, 0.717) is 37.0 Å². The second-order valence-corrected chi connectivity index (χ2v) is 13.4. The molecule has 0 radical (unpaired) electrons. The fourth-order valence-corrected chi connectivity index (χ4v) is 3.61. The standard InChI is InChI=1S/C15H20O2.C10H12O.C6H8O3.C6H10O.C5H8O2.C5H8O.C4H6O2.CH4/c1-11(2)12-7-6-8-13(9-12)15(3,4)10-14(16)17-5;1-3-9-4-6-10(7-5-9)8-11-2;1-5(7)3-4-6(8)9-2;1-4-6(7)5(2)3;1-4(2)5(6)7-3;1-3-5(6)4-2;1-3-4(5)6-2;/h6-9H,1,10H2,2-5H3;3-7H,1,8H2,2H3;3-4H,1-2H3;2,4H2,1,3H3;1H2,2-3H3;3H,1,4H2,2H3;3H,1H2,2H3;1H4. The van der Waals surface area contributed by atoms with Crippen LogP contribution in [0.5, 0.6) is 0 Å². The normalized spacial score (nSPS) is 9.02. The van der Waals surface area contributed by atoms with Gasteiger partial charge in [0, 0.05) is 43.1 Å². The van der Waals surface area contributed by atoms with Gasteiger partial charge in [0.25, 0.3) is 0 Å². The highest BCUT2D eigenvalue weighted by Gasteiger charge is 2.25. The number of methoxy groups -OCH3 is 5. The minimum Gasteiger partial charge on any atom is -0.469 e. The van der Waals surface area contributed by atoms with Crippen molar-refractivity contribution in [2.24, 2.45) is 0 Å². The molecule has 12 nitrogen and oxygen atoms in total. The number of ketones is 3. The fourth-order valence-electron chi connectivity index (χ4n) is 3.61. The third-order valence-electron chi connectivity index (χ3n) is 7.41. The predicted octanol–water partition coefficient (Wildman–Crippen LogP) is 10.8. The number of carbonyl (C=O) groups excluding carboxylic acids is 7. The summed E-state index contributed by atoms with van der Waals surface area (Å²) in [4.78, 5) is 72.3. The first-order chi connectivity index (χ1) is 29.4. The Bertz CT molecular complexity index is 1760. The fraction of sp³-hybridized carbons (Fsp3) is 0.365. The summed E-state index contributed by atoms with van der Waals surface area (Å²) < 4.78 is 22.3. The van der Waals surface area contributed by atoms with Crippen molar-refractivity contribution < 1.29 is 57.2 Å². The van der Waals surface area contributed by atoms with E-state index in [1.165, 1.54) is 47.0 Å². The first-order valence-electron chi connectivity index (χ1n) is 19.5. The van der Waals surface area contributed by atoms with Gasteiger partial charge in [-0.2, -0.15) is 0 Å². The van der Waals surface area contributed by atoms with Crippen LogP contribution in [0.1, 0.15) is 104 Å². The zero-order chi connectivity index (χ0) is 50.1. The van der Waals surface area contributed by atoms with E-state index in [4.69, 9.17) is 9.47 Å². The molecule has 0 spiro atoms. The van der Waals surface area contributed by atoms with Crippen LogP contribution in [0.4, 0.5) is 0 Å². The number of rotatable bonds is 15. The Kier molecular flexibility index (Phi) is 46.6. The maximum atomic E-state index is 11.4. The second kappa shape index (κ2) is 43.1. The van der Waals surface area contributed by atoms with Gasteiger partial charge in [-0.15, -0.1) is 0 Å². The van der Waals surface area contributed by atoms with Crippen LogP contribution in [0.3, 0.4) is 0 Å². The highest BCUT2D eigenvalue weighted by atomic mass is 16.5. The summed E-state index contributed by atoms with van der Waals surface area (Å²) in [7, 11) is 7.01. The number of Topliss-reactive ketones (excluding diaryl/α,β-unsaturated/α-hetero) is 1. The summed E-state index contributed by atoms with van der Waals surface area (Å²) in [6.45, 7) is 36.0. The summed E-state index contributed by atoms with van der Waals surface area (Å²) in [6, 6.07) is 16.3. The Labute approximate surface area is 384 Å². The van der Waals surface area contributed by atoms with Gasteiger partial charge in [0.05, 0.1) is 41.5 Å². The van der Waals surface area contributed by atoms with Crippen LogP contribution in [-0.4, -0.2) is 76.8 Å². The van der Waals surface area contributed by atoms with E-state index >= 15 is 0 Å². The average molecular weight is 893 g/mol. The molecular weight excluding hydrogens is 817 g/mol. The summed E-state index contributed by atoms with van der Waals surface area (Å²) in [5.74, 6) is -1.34. The number of hydrogen-bond donors (Lipinski definition) is 0. The van der Waals surface area contributed by atoms with Crippen molar-refractivity contribution >= 4 is 52.9 Å². The van der Waals surface area contributed by atoms with Gasteiger partial charge in [0.15, 0.2) is 17.3 Å². The third kappa shape index (κ3) is 42.2. The van der Waals surface area contributed by atoms with Gasteiger partial charge in [-0.25, -0.2) is 14.4 Å². The molecule has 2 aromatic carbocycles. The van der Waals surface area contributed by atoms with Gasteiger partial charge >= 0.3 is 23.9 Å². The van der Waals surface area contributed by atoms with Gasteiger partial charge in [0.1, 0.15) is 0 Å². The first-order valence-corrected chi connectivity index (χ1v) is 19.5. The predicted molar refractivity (Wildman–Crippen MR) is 261 cm³/mol. The van der Waals surface area contributed by atoms with E-state index in [-0.39, 0.29) is 42.1 Å². The highest BCUT2D eigenvalue weighted by Crippen LogP contribution is 2.29. The zero-order valence-corrected chi connectivity index (χ0v) is 40.0. The van der Waals surface area contributed by atoms with Crippen molar-refractivity contribution in [3.8, 4) is 0 Å². The third-order valence-corrected chi connectivity index (χ3v) is 7.41. The summed E-state index contributed by atoms with van der Waals surface area (Å²) in [6.07, 6.45) is 8.05. The molecule has 12 heteroatoms. The number of esters is 4. The highest BCUT2D eigenvalue weighted by molar-refractivity contribution is 5.94. The monoisotopic (exact) mass is 893 g/mol. The van der Waals surface area contributed by atoms with Gasteiger partial charge in [-0.05, 0) is 67.7 Å². The molecule has 0 heterocycles. The van der Waals surface area contributed by atoms with E-state index < -0.39 is 11.9 Å². The minimum atomic E-state index is -0.509. The van der Waals surface area contributed by atoms with Crippen LogP contribution < -0.4 is 0 Å². The molecule has 0 bridgehead atoms. The molecule has 2 aromatic rings. The molecule has 0 atom stereocenters. The van der Waals surface area contributed by atoms with Gasteiger partial charge in [0.2, 0.25) is 0 Å². The van der Waals surface area contributed by atoms with Crippen LogP contribution in [0, 0.1) is 0 Å². The number of carbonyl (C=O) groups is 7. The molecule has 0 N–H and O–H groups in total. The lowest BCUT2D eigenvalue weighted by atomic mass is 9.80. The first kappa shape index (κ1) is 69.2. The van der Waals surface area contributed by atoms with Gasteiger partial charge in [-0.3, -0.25) is 19.2 Å². The Balaban J connectivity index is -0.000000159. The maximum absolute atomic E-state index is 11.4. The molecule has 2 rings (SSSR count). The van der Waals surface area contributed by atoms with Crippen LogP contribution in [-0.2, 0) is 69.3 Å². The van der Waals surface area contributed by atoms with E-state index in [1.807, 2.05) is 83.2 Å². The number of benzene rings is 2. The molecule has 0 saturated heterocycles. The van der Waals surface area contributed by atoms with Crippen LogP contribution in [0.2, 0.25) is 0 Å². The van der Waals surface area contributed by atoms with Crippen molar-refractivity contribution in [3.05, 3.63) is 146 Å². The van der Waals surface area contributed by atoms with Crippen molar-refractivity contribution in [1.29, 1.82) is 0 Å². The molecule has 356 valence electrons. The van der Waals surface area contributed by atoms with Gasteiger partial charge in [-0.1, -0.05) is 135 Å². The van der Waals surface area contributed by atoms with Gasteiger partial charge < -0.3 is 23.7 Å². The lowest BCUT2D eigenvalue weighted by Gasteiger charge is -2.24. The molecule has 0 saturated carbocycles. The lowest BCUT2D eigenvalue weighted by Crippen LogP contribution is -2.22. The minimum absolute atomic E-state index is 0. The summed E-state index contributed by atoms with van der Waals surface area (Å²) in [5.41, 5.74) is 6.47. The smallest absolute Gasteiger partial charge is 0.332 e. The van der Waals surface area contributed by atoms with Crippen molar-refractivity contribution in [2.45, 2.75) is 94.1 Å². The summed E-state index contributed by atoms with van der Waals surface area (Å²) in [5, 5.41) is 0. The number of hydrogen-bond acceptors (Lipinski definition) is 12. The number of ether oxygens (including phenoxy) is 5. The molecule has 0 fully saturated rings. The number of allylic oxidation sites excluding steroid dienone is 4. The lowest BCUT2D eigenvalue weighted by molar-refractivity contribution is -0.142. The Hall–Kier alpha value is -6.53. The van der Waals surface area contributed by atoms with Crippen LogP contribution in [0.15, 0.2) is 123 Å². The second-order valence-electron chi connectivity index (χ2n) is 13.4. The molecule has 0 amide bonds. The topological polar surface area (TPSA) is 166 Å². The maximum Gasteiger partial charge on any atom is 0.332 e. The molecule has 0 aliphatic carbocycles. The summed E-state index contributed by atoms with van der Waals surface area (Å²) >= 11 is 0. The van der Waals surface area contributed by atoms with Crippen molar-refractivity contribution in [1.82, 2.24) is 0 Å². The van der Waals surface area contributed by atoms with E-state index in [9.17, 15) is 33.6 Å². The van der Waals surface area contributed by atoms with Crippen LogP contribution >= 0.6 is 0 Å². The molecule has 0 aromatic heterocycles. The Morgan fingerprint density at radius 2 is 1.19 bits per heavy atom. The Morgan fingerprint density at radius 3 is 1.45 bits per heavy atom. The zero-order valence-electron chi connectivity index (χ0n) is 40.0. The molecule has 64 heavy (non-hydrogen) atoms. The molecule has 0 unspecified atom stereocenters. The average Bonchev–Trinajstić information content (AvgIpc) is 3.28. The quantitative estimate of drug-likeness (QED) is 0.0945. The molecule has 0 aliphatic rings. The SMILES string of the molecule is C.C=C(C)C(=O)CC.C=C(C)C(=O)OC.C=C(C)c1cccc(C(C)(C)CC(=O)OC)c1.C=CC(=O)CC.C=CC(=O)OC.C=Cc1ccc(COC)cc1.COC(=O)C=CC(C)=O. The van der Waals surface area contributed by atoms with Crippen molar-refractivity contribution in [2.75, 3.05) is 35.5 Å². The van der Waals surface area contributed by atoms with Crippen LogP contribution in [0.25, 0.3) is 11.6 Å². The Morgan fingerprint density at radius 1 is 0.656 bits per heavy atom.